The number of nitrogens with one attached hydrogen (secondary N) is 2. The molecule has 0 saturated carbocycles. The highest BCUT2D eigenvalue weighted by Gasteiger charge is 2.20. The first-order valence-electron chi connectivity index (χ1n) is 10.9. The lowest BCUT2D eigenvalue weighted by molar-refractivity contribution is 0.551. The van der Waals surface area contributed by atoms with Crippen LogP contribution in [0.25, 0.3) is 10.9 Å². The standard InChI is InChI=1S/C21H29N9/c1-15(2)30-17-11-18(23-13-16(17)14-24-30)25-19-12-20(28-9-5-22-6-10-28)27-21(26-19)29-7-3-4-8-29/h11-15,22H,3-10H2,1-2H3,(H,23,25,26,27). The predicted octanol–water partition coefficient (Wildman–Crippen LogP) is 2.56. The molecule has 158 valence electrons. The number of hydrogen-bond donors (Lipinski definition) is 2. The quantitative estimate of drug-likeness (QED) is 0.667. The van der Waals surface area contributed by atoms with E-state index in [1.807, 2.05) is 29.2 Å². The summed E-state index contributed by atoms with van der Waals surface area (Å²) in [6, 6.07) is 4.37. The highest BCUT2D eigenvalue weighted by Crippen LogP contribution is 2.26. The summed E-state index contributed by atoms with van der Waals surface area (Å²) in [7, 11) is 0. The van der Waals surface area contributed by atoms with Crippen molar-refractivity contribution in [3.05, 3.63) is 24.5 Å². The van der Waals surface area contributed by atoms with Crippen molar-refractivity contribution in [1.82, 2.24) is 30.0 Å². The SMILES string of the molecule is CC(C)n1ncc2cnc(Nc3cc(N4CCNCC4)nc(N4CCCC4)n3)cc21. The maximum absolute atomic E-state index is 4.90. The van der Waals surface area contributed by atoms with E-state index < -0.39 is 0 Å². The molecule has 2 fully saturated rings. The minimum atomic E-state index is 0.290. The Morgan fingerprint density at radius 2 is 1.73 bits per heavy atom. The first-order chi connectivity index (χ1) is 14.7. The molecular formula is C21H29N9. The molecule has 0 amide bonds. The Kier molecular flexibility index (Phi) is 5.12. The van der Waals surface area contributed by atoms with Crippen LogP contribution in [0.3, 0.4) is 0 Å². The van der Waals surface area contributed by atoms with Crippen LogP contribution in [0.15, 0.2) is 24.5 Å². The van der Waals surface area contributed by atoms with Crippen LogP contribution in [0.4, 0.5) is 23.4 Å². The third-order valence-corrected chi connectivity index (χ3v) is 5.76. The second-order valence-corrected chi connectivity index (χ2v) is 8.28. The monoisotopic (exact) mass is 407 g/mol. The molecule has 2 saturated heterocycles. The van der Waals surface area contributed by atoms with Gasteiger partial charge in [0.25, 0.3) is 0 Å². The molecular weight excluding hydrogens is 378 g/mol. The van der Waals surface area contributed by atoms with Gasteiger partial charge in [0.2, 0.25) is 5.95 Å². The van der Waals surface area contributed by atoms with Crippen LogP contribution in [0.1, 0.15) is 32.7 Å². The van der Waals surface area contributed by atoms with E-state index in [4.69, 9.17) is 9.97 Å². The molecule has 3 aromatic rings. The minimum Gasteiger partial charge on any atom is -0.354 e. The summed E-state index contributed by atoms with van der Waals surface area (Å²) in [5.74, 6) is 3.33. The minimum absolute atomic E-state index is 0.290. The highest BCUT2D eigenvalue weighted by atomic mass is 15.3. The van der Waals surface area contributed by atoms with Crippen molar-refractivity contribution in [2.75, 3.05) is 54.4 Å². The number of pyridine rings is 1. The Bertz CT molecular complexity index is 1020. The number of fused-ring (bicyclic) bond motifs is 1. The summed E-state index contributed by atoms with van der Waals surface area (Å²) in [4.78, 5) is 18.9. The largest absolute Gasteiger partial charge is 0.354 e. The molecule has 9 heteroatoms. The van der Waals surface area contributed by atoms with Gasteiger partial charge in [0.1, 0.15) is 17.5 Å². The third kappa shape index (κ3) is 3.77. The van der Waals surface area contributed by atoms with Gasteiger partial charge in [-0.05, 0) is 26.7 Å². The van der Waals surface area contributed by atoms with Gasteiger partial charge in [-0.2, -0.15) is 15.1 Å². The van der Waals surface area contributed by atoms with E-state index >= 15 is 0 Å². The zero-order valence-corrected chi connectivity index (χ0v) is 17.7. The van der Waals surface area contributed by atoms with Crippen molar-refractivity contribution in [1.29, 1.82) is 0 Å². The molecule has 2 aliphatic rings. The van der Waals surface area contributed by atoms with Crippen LogP contribution in [0, 0.1) is 0 Å². The fourth-order valence-corrected chi connectivity index (χ4v) is 4.15. The second kappa shape index (κ2) is 8.06. The molecule has 0 unspecified atom stereocenters. The molecule has 0 bridgehead atoms. The summed E-state index contributed by atoms with van der Waals surface area (Å²) < 4.78 is 2.02. The fraction of sp³-hybridized carbons (Fsp3) is 0.524. The Labute approximate surface area is 176 Å². The lowest BCUT2D eigenvalue weighted by Crippen LogP contribution is -2.44. The van der Waals surface area contributed by atoms with Crippen molar-refractivity contribution >= 4 is 34.3 Å². The molecule has 3 aromatic heterocycles. The van der Waals surface area contributed by atoms with Crippen LogP contribution in [0.5, 0.6) is 0 Å². The second-order valence-electron chi connectivity index (χ2n) is 8.28. The van der Waals surface area contributed by atoms with Crippen LogP contribution in [0.2, 0.25) is 0 Å². The molecule has 5 heterocycles. The zero-order chi connectivity index (χ0) is 20.5. The van der Waals surface area contributed by atoms with Gasteiger partial charge in [0.05, 0.1) is 11.7 Å². The topological polar surface area (TPSA) is 87.0 Å². The van der Waals surface area contributed by atoms with E-state index in [9.17, 15) is 0 Å². The number of aromatic nitrogens is 5. The van der Waals surface area contributed by atoms with Crippen molar-refractivity contribution in [3.8, 4) is 0 Å². The average molecular weight is 408 g/mol. The summed E-state index contributed by atoms with van der Waals surface area (Å²) >= 11 is 0. The number of nitrogens with zero attached hydrogens (tertiary/aromatic N) is 7. The number of hydrogen-bond acceptors (Lipinski definition) is 8. The lowest BCUT2D eigenvalue weighted by atomic mass is 10.3. The Hall–Kier alpha value is -2.94. The summed E-state index contributed by atoms with van der Waals surface area (Å²) in [5, 5.41) is 12.4. The van der Waals surface area contributed by atoms with Crippen molar-refractivity contribution in [3.63, 3.8) is 0 Å². The van der Waals surface area contributed by atoms with Gasteiger partial charge in [-0.25, -0.2) is 4.98 Å². The van der Waals surface area contributed by atoms with E-state index in [0.29, 0.717) is 0 Å². The van der Waals surface area contributed by atoms with Crippen LogP contribution >= 0.6 is 0 Å². The highest BCUT2D eigenvalue weighted by molar-refractivity contribution is 5.81. The molecule has 2 N–H and O–H groups in total. The molecule has 2 aliphatic heterocycles. The molecule has 0 atom stereocenters. The zero-order valence-electron chi connectivity index (χ0n) is 17.7. The van der Waals surface area contributed by atoms with Gasteiger partial charge in [-0.3, -0.25) is 4.68 Å². The maximum Gasteiger partial charge on any atom is 0.229 e. The van der Waals surface area contributed by atoms with Crippen LogP contribution < -0.4 is 20.4 Å². The van der Waals surface area contributed by atoms with E-state index in [0.717, 1.165) is 73.6 Å². The molecule has 9 nitrogen and oxygen atoms in total. The number of rotatable bonds is 5. The van der Waals surface area contributed by atoms with Gasteiger partial charge in [0, 0.05) is 69.0 Å². The van der Waals surface area contributed by atoms with E-state index in [1.54, 1.807) is 0 Å². The van der Waals surface area contributed by atoms with Gasteiger partial charge in [-0.15, -0.1) is 0 Å². The van der Waals surface area contributed by atoms with Gasteiger partial charge in [0.15, 0.2) is 0 Å². The lowest BCUT2D eigenvalue weighted by Gasteiger charge is -2.29. The first kappa shape index (κ1) is 19.0. The summed E-state index contributed by atoms with van der Waals surface area (Å²) in [5.41, 5.74) is 1.07. The maximum atomic E-state index is 4.90. The van der Waals surface area contributed by atoms with Crippen molar-refractivity contribution in [2.45, 2.75) is 32.7 Å². The first-order valence-corrected chi connectivity index (χ1v) is 10.9. The van der Waals surface area contributed by atoms with Crippen LogP contribution in [-0.2, 0) is 0 Å². The fourth-order valence-electron chi connectivity index (χ4n) is 4.15. The van der Waals surface area contributed by atoms with Crippen molar-refractivity contribution in [2.24, 2.45) is 0 Å². The Balaban J connectivity index is 1.48. The Morgan fingerprint density at radius 1 is 0.933 bits per heavy atom. The Morgan fingerprint density at radius 3 is 2.50 bits per heavy atom. The molecule has 5 rings (SSSR count). The predicted molar refractivity (Wildman–Crippen MR) is 120 cm³/mol. The summed E-state index contributed by atoms with van der Waals surface area (Å²) in [6.07, 6.45) is 6.12. The third-order valence-electron chi connectivity index (χ3n) is 5.76. The molecule has 0 aliphatic carbocycles. The molecule has 0 spiro atoms. The number of anilines is 4. The molecule has 0 aromatic carbocycles. The van der Waals surface area contributed by atoms with E-state index in [1.165, 1.54) is 12.8 Å². The summed E-state index contributed by atoms with van der Waals surface area (Å²) in [6.45, 7) is 10.2. The van der Waals surface area contributed by atoms with E-state index in [2.05, 4.69) is 44.4 Å². The smallest absolute Gasteiger partial charge is 0.229 e. The van der Waals surface area contributed by atoms with Crippen LogP contribution in [-0.4, -0.2) is 64.0 Å². The number of piperazine rings is 1. The van der Waals surface area contributed by atoms with Gasteiger partial charge >= 0.3 is 0 Å². The normalized spacial score (nSPS) is 17.3. The molecule has 0 radical (unpaired) electrons. The van der Waals surface area contributed by atoms with Gasteiger partial charge in [-0.1, -0.05) is 0 Å². The van der Waals surface area contributed by atoms with Crippen molar-refractivity contribution < 1.29 is 0 Å². The molecule has 30 heavy (non-hydrogen) atoms. The van der Waals surface area contributed by atoms with Gasteiger partial charge < -0.3 is 20.4 Å². The van der Waals surface area contributed by atoms with E-state index in [-0.39, 0.29) is 6.04 Å². The average Bonchev–Trinajstić information content (AvgIpc) is 3.44.